The van der Waals surface area contributed by atoms with Gasteiger partial charge in [-0.25, -0.2) is 5.43 Å². The van der Waals surface area contributed by atoms with Gasteiger partial charge in [0, 0.05) is 12.0 Å². The van der Waals surface area contributed by atoms with E-state index in [4.69, 9.17) is 4.74 Å². The Bertz CT molecular complexity index is 1480. The molecule has 0 aliphatic carbocycles. The summed E-state index contributed by atoms with van der Waals surface area (Å²) in [4.78, 5) is 12.7. The van der Waals surface area contributed by atoms with Crippen LogP contribution in [0.2, 0.25) is 0 Å². The largest absolute Gasteiger partial charge is 0.507 e. The van der Waals surface area contributed by atoms with Gasteiger partial charge in [-0.1, -0.05) is 108 Å². The lowest BCUT2D eigenvalue weighted by Crippen LogP contribution is -2.20. The first-order valence-corrected chi connectivity index (χ1v) is 13.8. The van der Waals surface area contributed by atoms with E-state index in [0.29, 0.717) is 24.5 Å². The number of carbonyl (C=O) groups is 1. The zero-order valence-corrected chi connectivity index (χ0v) is 24.4. The number of aryl methyl sites for hydroxylation is 1. The standard InChI is InChI=1S/C35H40N2O3/c1-34(2,3)29-20-24(21-30(33(29)39)35(4,5)6)18-19-32(38)37-36-22-26-13-8-10-17-31(26)40-23-27-15-11-14-25-12-7-9-16-28(25)27/h7-17,20-22,39H,18-19,23H2,1-6H3,(H,37,38). The second kappa shape index (κ2) is 12.0. The van der Waals surface area contributed by atoms with Gasteiger partial charge in [0.1, 0.15) is 18.1 Å². The van der Waals surface area contributed by atoms with E-state index in [2.05, 4.69) is 76.3 Å². The molecule has 4 aromatic rings. The lowest BCUT2D eigenvalue weighted by molar-refractivity contribution is -0.121. The Morgan fingerprint density at radius 2 is 1.50 bits per heavy atom. The third-order valence-electron chi connectivity index (χ3n) is 7.00. The molecule has 1 amide bonds. The van der Waals surface area contributed by atoms with Gasteiger partial charge in [-0.05, 0) is 62.4 Å². The van der Waals surface area contributed by atoms with Crippen LogP contribution in [0.15, 0.2) is 84.0 Å². The van der Waals surface area contributed by atoms with Crippen molar-refractivity contribution in [2.45, 2.75) is 71.8 Å². The van der Waals surface area contributed by atoms with E-state index in [1.807, 2.05) is 54.6 Å². The molecule has 0 fully saturated rings. The van der Waals surface area contributed by atoms with E-state index in [-0.39, 0.29) is 23.2 Å². The molecule has 5 nitrogen and oxygen atoms in total. The molecule has 0 bridgehead atoms. The van der Waals surface area contributed by atoms with Crippen LogP contribution in [0.1, 0.15) is 75.8 Å². The van der Waals surface area contributed by atoms with Crippen molar-refractivity contribution in [2.75, 3.05) is 0 Å². The molecular weight excluding hydrogens is 496 g/mol. The molecule has 4 aromatic carbocycles. The number of aromatic hydroxyl groups is 1. The Kier molecular flexibility index (Phi) is 8.63. The zero-order valence-electron chi connectivity index (χ0n) is 24.4. The summed E-state index contributed by atoms with van der Waals surface area (Å²) in [6.07, 6.45) is 2.46. The van der Waals surface area contributed by atoms with Crippen LogP contribution in [0.4, 0.5) is 0 Å². The number of nitrogens with one attached hydrogen (secondary N) is 1. The first-order valence-electron chi connectivity index (χ1n) is 13.8. The predicted octanol–water partition coefficient (Wildman–Crippen LogP) is 7.80. The van der Waals surface area contributed by atoms with Crippen molar-refractivity contribution in [2.24, 2.45) is 5.10 Å². The zero-order chi connectivity index (χ0) is 28.9. The van der Waals surface area contributed by atoms with Gasteiger partial charge in [-0.2, -0.15) is 5.10 Å². The Morgan fingerprint density at radius 1 is 0.875 bits per heavy atom. The number of rotatable bonds is 8. The quantitative estimate of drug-likeness (QED) is 0.178. The van der Waals surface area contributed by atoms with E-state index >= 15 is 0 Å². The molecule has 2 N–H and O–H groups in total. The minimum Gasteiger partial charge on any atom is -0.507 e. The highest BCUT2D eigenvalue weighted by molar-refractivity contribution is 5.86. The third kappa shape index (κ3) is 7.09. The van der Waals surface area contributed by atoms with Crippen LogP contribution in [0.5, 0.6) is 11.5 Å². The minimum atomic E-state index is -0.213. The van der Waals surface area contributed by atoms with Crippen LogP contribution >= 0.6 is 0 Å². The molecule has 0 aliphatic heterocycles. The van der Waals surface area contributed by atoms with Crippen LogP contribution in [0.3, 0.4) is 0 Å². The van der Waals surface area contributed by atoms with E-state index in [9.17, 15) is 9.90 Å². The molecule has 4 rings (SSSR count). The molecule has 40 heavy (non-hydrogen) atoms. The second-order valence-electron chi connectivity index (χ2n) is 12.3. The maximum atomic E-state index is 12.7. The fourth-order valence-corrected chi connectivity index (χ4v) is 4.76. The second-order valence-corrected chi connectivity index (χ2v) is 12.3. The summed E-state index contributed by atoms with van der Waals surface area (Å²) in [6, 6.07) is 26.1. The first-order chi connectivity index (χ1) is 18.9. The van der Waals surface area contributed by atoms with Crippen molar-refractivity contribution in [3.63, 3.8) is 0 Å². The van der Waals surface area contributed by atoms with Crippen molar-refractivity contribution < 1.29 is 14.6 Å². The number of phenols is 1. The van der Waals surface area contributed by atoms with Crippen LogP contribution < -0.4 is 10.2 Å². The van der Waals surface area contributed by atoms with E-state index in [1.165, 1.54) is 10.8 Å². The van der Waals surface area contributed by atoms with Gasteiger partial charge in [-0.3, -0.25) is 4.79 Å². The van der Waals surface area contributed by atoms with Crippen molar-refractivity contribution in [1.29, 1.82) is 0 Å². The molecule has 5 heteroatoms. The van der Waals surface area contributed by atoms with Crippen molar-refractivity contribution in [3.05, 3.63) is 107 Å². The van der Waals surface area contributed by atoms with E-state index in [1.54, 1.807) is 6.21 Å². The molecule has 0 radical (unpaired) electrons. The van der Waals surface area contributed by atoms with Gasteiger partial charge in [0.2, 0.25) is 5.91 Å². The monoisotopic (exact) mass is 536 g/mol. The first kappa shape index (κ1) is 28.9. The number of amides is 1. The minimum absolute atomic E-state index is 0.173. The summed E-state index contributed by atoms with van der Waals surface area (Å²) in [6.45, 7) is 12.9. The SMILES string of the molecule is CC(C)(C)c1cc(CCC(=O)NN=Cc2ccccc2OCc2cccc3ccccc23)cc(C(C)(C)C)c1O. The number of hydrazone groups is 1. The maximum Gasteiger partial charge on any atom is 0.240 e. The number of phenolic OH excluding ortho intramolecular Hbond substituents is 1. The molecule has 0 heterocycles. The molecular formula is C35H40N2O3. The summed E-state index contributed by atoms with van der Waals surface area (Å²) >= 11 is 0. The van der Waals surface area contributed by atoms with Crippen LogP contribution in [0, 0.1) is 0 Å². The number of ether oxygens (including phenoxy) is 1. The van der Waals surface area contributed by atoms with Gasteiger partial charge >= 0.3 is 0 Å². The average molecular weight is 537 g/mol. The topological polar surface area (TPSA) is 70.9 Å². The van der Waals surface area contributed by atoms with Crippen LogP contribution in [-0.2, 0) is 28.7 Å². The Morgan fingerprint density at radius 3 is 2.20 bits per heavy atom. The number of hydrogen-bond acceptors (Lipinski definition) is 4. The number of para-hydroxylation sites is 1. The van der Waals surface area contributed by atoms with Gasteiger partial charge < -0.3 is 9.84 Å². The third-order valence-corrected chi connectivity index (χ3v) is 7.00. The fraction of sp³-hybridized carbons (Fsp3) is 0.314. The summed E-state index contributed by atoms with van der Waals surface area (Å²) < 4.78 is 6.16. The number of benzene rings is 4. The van der Waals surface area contributed by atoms with Crippen molar-refractivity contribution >= 4 is 22.9 Å². The fourth-order valence-electron chi connectivity index (χ4n) is 4.76. The van der Waals surface area contributed by atoms with Gasteiger partial charge in [-0.15, -0.1) is 0 Å². The summed E-state index contributed by atoms with van der Waals surface area (Å²) in [7, 11) is 0. The van der Waals surface area contributed by atoms with Crippen molar-refractivity contribution in [3.8, 4) is 11.5 Å². The number of nitrogens with zero attached hydrogens (tertiary/aromatic N) is 1. The Labute approximate surface area is 237 Å². The van der Waals surface area contributed by atoms with Crippen LogP contribution in [-0.4, -0.2) is 17.2 Å². The molecule has 0 unspecified atom stereocenters. The number of fused-ring (bicyclic) bond motifs is 1. The van der Waals surface area contributed by atoms with Gasteiger partial charge in [0.25, 0.3) is 0 Å². The lowest BCUT2D eigenvalue weighted by atomic mass is 9.78. The average Bonchev–Trinajstić information content (AvgIpc) is 2.90. The Balaban J connectivity index is 1.40. The lowest BCUT2D eigenvalue weighted by Gasteiger charge is -2.28. The Hall–Kier alpha value is -4.12. The highest BCUT2D eigenvalue weighted by Gasteiger charge is 2.26. The molecule has 0 aliphatic rings. The molecule has 0 saturated carbocycles. The summed E-state index contributed by atoms with van der Waals surface area (Å²) in [5.41, 5.74) is 6.94. The van der Waals surface area contributed by atoms with E-state index < -0.39 is 0 Å². The molecule has 0 atom stereocenters. The van der Waals surface area contributed by atoms with Gasteiger partial charge in [0.05, 0.1) is 6.21 Å². The normalized spacial score (nSPS) is 12.2. The molecule has 0 spiro atoms. The molecule has 208 valence electrons. The molecule has 0 aromatic heterocycles. The van der Waals surface area contributed by atoms with Gasteiger partial charge in [0.15, 0.2) is 0 Å². The molecule has 0 saturated heterocycles. The van der Waals surface area contributed by atoms with E-state index in [0.717, 1.165) is 27.8 Å². The predicted molar refractivity (Wildman–Crippen MR) is 164 cm³/mol. The number of carbonyl (C=O) groups excluding carboxylic acids is 1. The van der Waals surface area contributed by atoms with Crippen molar-refractivity contribution in [1.82, 2.24) is 5.43 Å². The summed E-state index contributed by atoms with van der Waals surface area (Å²) in [5.74, 6) is 0.870. The smallest absolute Gasteiger partial charge is 0.240 e. The highest BCUT2D eigenvalue weighted by atomic mass is 16.5. The number of hydrogen-bond donors (Lipinski definition) is 2. The summed E-state index contributed by atoms with van der Waals surface area (Å²) in [5, 5.41) is 17.5. The van der Waals surface area contributed by atoms with Crippen LogP contribution in [0.25, 0.3) is 10.8 Å². The highest BCUT2D eigenvalue weighted by Crippen LogP contribution is 2.40. The maximum absolute atomic E-state index is 12.7.